The minimum Gasteiger partial charge on any atom is -0.390 e. The predicted octanol–water partition coefficient (Wildman–Crippen LogP) is 1.91. The lowest BCUT2D eigenvalue weighted by Gasteiger charge is -2.30. The Morgan fingerprint density at radius 3 is 2.43 bits per heavy atom. The maximum atomic E-state index is 10.1. The second-order valence-corrected chi connectivity index (χ2v) is 3.56. The third-order valence-electron chi connectivity index (χ3n) is 2.33. The van der Waals surface area contributed by atoms with Crippen LogP contribution in [0.1, 0.15) is 46.0 Å². The van der Waals surface area contributed by atoms with E-state index in [4.69, 9.17) is 0 Å². The van der Waals surface area contributed by atoms with Crippen molar-refractivity contribution < 1.29 is 10.2 Å². The Balaban J connectivity index is 4.37. The Morgan fingerprint density at radius 2 is 2.00 bits per heavy atom. The lowest BCUT2D eigenvalue weighted by Crippen LogP contribution is -2.41. The predicted molar refractivity (Wildman–Crippen MR) is 58.5 cm³/mol. The zero-order valence-corrected chi connectivity index (χ0v) is 9.21. The van der Waals surface area contributed by atoms with Crippen LogP contribution in [0.3, 0.4) is 0 Å². The highest BCUT2D eigenvalue weighted by Crippen LogP contribution is 2.23. The van der Waals surface area contributed by atoms with Crippen LogP contribution in [0, 0.1) is 18.8 Å². The molecule has 2 heteroatoms. The molecule has 0 fully saturated rings. The van der Waals surface area contributed by atoms with Gasteiger partial charge in [-0.1, -0.05) is 20.3 Å². The fraction of sp³-hybridized carbons (Fsp3) is 0.750. The molecule has 81 valence electrons. The summed E-state index contributed by atoms with van der Waals surface area (Å²) in [6.45, 7) is 7.45. The first-order valence-corrected chi connectivity index (χ1v) is 5.26. The molecule has 0 aromatic carbocycles. The minimum absolute atomic E-state index is 0.339. The maximum Gasteiger partial charge on any atom is 0.101 e. The molecular formula is C12H21O2. The molecule has 0 bridgehead atoms. The van der Waals surface area contributed by atoms with Crippen molar-refractivity contribution in [2.75, 3.05) is 0 Å². The van der Waals surface area contributed by atoms with Crippen LogP contribution in [0.15, 0.2) is 0 Å². The molecule has 2 N–H and O–H groups in total. The van der Waals surface area contributed by atoms with E-state index in [1.807, 2.05) is 13.8 Å². The lowest BCUT2D eigenvalue weighted by molar-refractivity contribution is -0.0782. The number of aliphatic hydroxyl groups excluding tert-OH is 1. The molecule has 0 saturated heterocycles. The van der Waals surface area contributed by atoms with E-state index in [0.29, 0.717) is 25.7 Å². The van der Waals surface area contributed by atoms with Gasteiger partial charge in [0.1, 0.15) is 5.60 Å². The molecule has 0 aromatic rings. The van der Waals surface area contributed by atoms with Crippen molar-refractivity contribution in [1.29, 1.82) is 0 Å². The first-order chi connectivity index (χ1) is 6.60. The first kappa shape index (κ1) is 13.5. The zero-order valence-electron chi connectivity index (χ0n) is 9.21. The third-order valence-corrected chi connectivity index (χ3v) is 2.33. The van der Waals surface area contributed by atoms with E-state index in [-0.39, 0.29) is 0 Å². The molecule has 2 nitrogen and oxygen atoms in total. The van der Waals surface area contributed by atoms with Crippen molar-refractivity contribution in [3.63, 3.8) is 0 Å². The average molecular weight is 197 g/mol. The van der Waals surface area contributed by atoms with Crippen LogP contribution < -0.4 is 0 Å². The molecule has 0 aromatic heterocycles. The van der Waals surface area contributed by atoms with Crippen molar-refractivity contribution in [1.82, 2.24) is 0 Å². The van der Waals surface area contributed by atoms with Crippen LogP contribution in [0.2, 0.25) is 0 Å². The molecule has 0 amide bonds. The fourth-order valence-corrected chi connectivity index (χ4v) is 1.49. The van der Waals surface area contributed by atoms with Crippen molar-refractivity contribution in [2.24, 2.45) is 0 Å². The number of rotatable bonds is 5. The van der Waals surface area contributed by atoms with Gasteiger partial charge in [-0.05, 0) is 19.8 Å². The molecule has 0 heterocycles. The van der Waals surface area contributed by atoms with E-state index in [0.717, 1.165) is 6.42 Å². The topological polar surface area (TPSA) is 40.5 Å². The molecule has 2 atom stereocenters. The van der Waals surface area contributed by atoms with Crippen molar-refractivity contribution in [2.45, 2.75) is 57.7 Å². The normalized spacial score (nSPS) is 16.6. The van der Waals surface area contributed by atoms with E-state index in [1.165, 1.54) is 0 Å². The van der Waals surface area contributed by atoms with Gasteiger partial charge in [0.15, 0.2) is 0 Å². The molecule has 14 heavy (non-hydrogen) atoms. The summed E-state index contributed by atoms with van der Waals surface area (Å²) in [7, 11) is 0. The summed E-state index contributed by atoms with van der Waals surface area (Å²) in [4.78, 5) is 0. The van der Waals surface area contributed by atoms with Gasteiger partial charge in [0.25, 0.3) is 0 Å². The second-order valence-electron chi connectivity index (χ2n) is 3.56. The Morgan fingerprint density at radius 1 is 1.36 bits per heavy atom. The minimum atomic E-state index is -1.04. The average Bonchev–Trinajstić information content (AvgIpc) is 2.17. The zero-order chi connectivity index (χ0) is 11.0. The molecule has 2 unspecified atom stereocenters. The monoisotopic (exact) mass is 197 g/mol. The standard InChI is InChI=1S/C12H21O2/c1-4-7-8-10-12(14,9-5-2)11(13)6-3/h11,13-14H,1,4-6,9-10H2,2-3H3. The van der Waals surface area contributed by atoms with E-state index in [1.54, 1.807) is 0 Å². The molecule has 0 aliphatic rings. The molecule has 0 spiro atoms. The summed E-state index contributed by atoms with van der Waals surface area (Å²) in [5.41, 5.74) is -1.04. The van der Waals surface area contributed by atoms with Crippen LogP contribution in [0.5, 0.6) is 0 Å². The van der Waals surface area contributed by atoms with Gasteiger partial charge in [-0.15, -0.1) is 11.8 Å². The van der Waals surface area contributed by atoms with E-state index >= 15 is 0 Å². The smallest absolute Gasteiger partial charge is 0.101 e. The van der Waals surface area contributed by atoms with Gasteiger partial charge in [-0.3, -0.25) is 0 Å². The summed E-state index contributed by atoms with van der Waals surface area (Å²) >= 11 is 0. The van der Waals surface area contributed by atoms with E-state index in [2.05, 4.69) is 18.8 Å². The fourth-order valence-electron chi connectivity index (χ4n) is 1.49. The summed E-state index contributed by atoms with van der Waals surface area (Å²) in [5.74, 6) is 5.66. The van der Waals surface area contributed by atoms with Crippen molar-refractivity contribution in [3.8, 4) is 11.8 Å². The van der Waals surface area contributed by atoms with E-state index < -0.39 is 11.7 Å². The second kappa shape index (κ2) is 6.86. The molecule has 0 rings (SSSR count). The van der Waals surface area contributed by atoms with Crippen LogP contribution in [-0.2, 0) is 0 Å². The Bertz CT molecular complexity index is 202. The highest BCUT2D eigenvalue weighted by atomic mass is 16.3. The molecule has 1 radical (unpaired) electrons. The van der Waals surface area contributed by atoms with Crippen LogP contribution >= 0.6 is 0 Å². The van der Waals surface area contributed by atoms with E-state index in [9.17, 15) is 10.2 Å². The summed E-state index contributed by atoms with van der Waals surface area (Å²) in [5, 5.41) is 19.8. The molecule has 0 saturated carbocycles. The summed E-state index contributed by atoms with van der Waals surface area (Å²) < 4.78 is 0. The number of hydrogen-bond donors (Lipinski definition) is 2. The highest BCUT2D eigenvalue weighted by molar-refractivity contribution is 5.05. The summed E-state index contributed by atoms with van der Waals surface area (Å²) in [6.07, 6.45) is 2.20. The first-order valence-electron chi connectivity index (χ1n) is 5.26. The molecule has 0 aliphatic heterocycles. The Labute approximate surface area is 87.3 Å². The largest absolute Gasteiger partial charge is 0.390 e. The SMILES string of the molecule is [CH2]CC#CCC(O)(CCC)C(O)CC. The number of aliphatic hydroxyl groups is 2. The quantitative estimate of drug-likeness (QED) is 0.661. The van der Waals surface area contributed by atoms with Gasteiger partial charge in [-0.25, -0.2) is 0 Å². The van der Waals surface area contributed by atoms with Gasteiger partial charge in [0.2, 0.25) is 0 Å². The van der Waals surface area contributed by atoms with Crippen molar-refractivity contribution in [3.05, 3.63) is 6.92 Å². The van der Waals surface area contributed by atoms with Gasteiger partial charge >= 0.3 is 0 Å². The lowest BCUT2D eigenvalue weighted by atomic mass is 9.87. The van der Waals surface area contributed by atoms with Crippen LogP contribution in [0.25, 0.3) is 0 Å². The Kier molecular flexibility index (Phi) is 6.61. The molecule has 0 aliphatic carbocycles. The van der Waals surface area contributed by atoms with Gasteiger partial charge < -0.3 is 10.2 Å². The highest BCUT2D eigenvalue weighted by Gasteiger charge is 2.32. The van der Waals surface area contributed by atoms with Gasteiger partial charge in [0.05, 0.1) is 6.10 Å². The maximum absolute atomic E-state index is 10.1. The molecular weight excluding hydrogens is 176 g/mol. The third kappa shape index (κ3) is 4.13. The van der Waals surface area contributed by atoms with Gasteiger partial charge in [0, 0.05) is 12.8 Å². The van der Waals surface area contributed by atoms with Crippen LogP contribution in [0.4, 0.5) is 0 Å². The van der Waals surface area contributed by atoms with Crippen molar-refractivity contribution >= 4 is 0 Å². The Hall–Kier alpha value is -0.520. The van der Waals surface area contributed by atoms with Crippen LogP contribution in [-0.4, -0.2) is 21.9 Å². The van der Waals surface area contributed by atoms with Gasteiger partial charge in [-0.2, -0.15) is 0 Å². The number of hydrogen-bond acceptors (Lipinski definition) is 2. The summed E-state index contributed by atoms with van der Waals surface area (Å²) in [6, 6.07) is 0.